The van der Waals surface area contributed by atoms with E-state index in [-0.39, 0.29) is 0 Å². The van der Waals surface area contributed by atoms with Gasteiger partial charge in [-0.1, -0.05) is 128 Å². The summed E-state index contributed by atoms with van der Waals surface area (Å²) in [7, 11) is 0. The van der Waals surface area contributed by atoms with Crippen LogP contribution < -0.4 is 4.90 Å². The van der Waals surface area contributed by atoms with Crippen LogP contribution in [0.5, 0.6) is 0 Å². The molecule has 7 aromatic carbocycles. The van der Waals surface area contributed by atoms with Gasteiger partial charge < -0.3 is 9.32 Å². The van der Waals surface area contributed by atoms with E-state index >= 15 is 0 Å². The molecule has 1 aliphatic rings. The molecular formula is C45H33NO. The van der Waals surface area contributed by atoms with Gasteiger partial charge >= 0.3 is 0 Å². The predicted octanol–water partition coefficient (Wildman–Crippen LogP) is 13.0. The monoisotopic (exact) mass is 603 g/mol. The molecule has 0 radical (unpaired) electrons. The van der Waals surface area contributed by atoms with Crippen LogP contribution in [0, 0.1) is 5.92 Å². The molecule has 1 unspecified atom stereocenters. The summed E-state index contributed by atoms with van der Waals surface area (Å²) >= 11 is 0. The van der Waals surface area contributed by atoms with E-state index in [2.05, 4.69) is 170 Å². The van der Waals surface area contributed by atoms with Crippen LogP contribution >= 0.6 is 0 Å². The van der Waals surface area contributed by atoms with E-state index in [4.69, 9.17) is 4.42 Å². The van der Waals surface area contributed by atoms with Crippen molar-refractivity contribution in [2.45, 2.75) is 13.3 Å². The zero-order valence-corrected chi connectivity index (χ0v) is 26.2. The van der Waals surface area contributed by atoms with Crippen LogP contribution in [0.2, 0.25) is 0 Å². The summed E-state index contributed by atoms with van der Waals surface area (Å²) < 4.78 is 6.59. The Morgan fingerprint density at radius 2 is 1.30 bits per heavy atom. The van der Waals surface area contributed by atoms with Gasteiger partial charge in [-0.05, 0) is 98.6 Å². The fourth-order valence-corrected chi connectivity index (χ4v) is 7.32. The third kappa shape index (κ3) is 4.73. The first-order valence-electron chi connectivity index (χ1n) is 16.4. The van der Waals surface area contributed by atoms with Crippen LogP contribution in [0.15, 0.2) is 168 Å². The zero-order chi connectivity index (χ0) is 31.3. The second-order valence-electron chi connectivity index (χ2n) is 12.6. The van der Waals surface area contributed by atoms with Crippen LogP contribution in [-0.4, -0.2) is 0 Å². The first-order chi connectivity index (χ1) is 23.2. The normalized spacial score (nSPS) is 14.7. The van der Waals surface area contributed by atoms with Crippen LogP contribution in [0.1, 0.15) is 18.9 Å². The van der Waals surface area contributed by atoms with Gasteiger partial charge in [-0.15, -0.1) is 0 Å². The molecular weight excluding hydrogens is 571 g/mol. The van der Waals surface area contributed by atoms with Gasteiger partial charge in [-0.3, -0.25) is 0 Å². The van der Waals surface area contributed by atoms with Crippen molar-refractivity contribution in [1.29, 1.82) is 0 Å². The van der Waals surface area contributed by atoms with Gasteiger partial charge in [-0.25, -0.2) is 0 Å². The lowest BCUT2D eigenvalue weighted by Crippen LogP contribution is -2.10. The molecule has 0 saturated carbocycles. The zero-order valence-electron chi connectivity index (χ0n) is 26.2. The van der Waals surface area contributed by atoms with Crippen molar-refractivity contribution in [2.24, 2.45) is 5.92 Å². The van der Waals surface area contributed by atoms with Crippen molar-refractivity contribution in [3.05, 3.63) is 169 Å². The molecule has 1 aliphatic carbocycles. The Bertz CT molecular complexity index is 2510. The Hall–Kier alpha value is -5.86. The van der Waals surface area contributed by atoms with Gasteiger partial charge in [0.1, 0.15) is 5.58 Å². The average Bonchev–Trinajstić information content (AvgIpc) is 3.52. The molecule has 0 spiro atoms. The fraction of sp³-hybridized carbons (Fsp3) is 0.0667. The molecule has 1 aromatic heterocycles. The Morgan fingerprint density at radius 3 is 2.15 bits per heavy atom. The van der Waals surface area contributed by atoms with E-state index in [1.807, 2.05) is 6.07 Å². The summed E-state index contributed by atoms with van der Waals surface area (Å²) in [4.78, 5) is 2.35. The van der Waals surface area contributed by atoms with E-state index < -0.39 is 0 Å². The number of fused-ring (bicyclic) bond motifs is 6. The molecule has 0 amide bonds. The Balaban J connectivity index is 1.22. The second-order valence-corrected chi connectivity index (χ2v) is 12.6. The molecule has 2 heteroatoms. The van der Waals surface area contributed by atoms with E-state index in [0.717, 1.165) is 45.4 Å². The molecule has 0 N–H and O–H groups in total. The molecule has 0 bridgehead atoms. The molecule has 0 saturated heterocycles. The first kappa shape index (κ1) is 27.5. The lowest BCUT2D eigenvalue weighted by atomic mass is 9.91. The van der Waals surface area contributed by atoms with E-state index in [0.29, 0.717) is 5.92 Å². The number of anilines is 3. The van der Waals surface area contributed by atoms with Crippen LogP contribution in [-0.2, 0) is 0 Å². The summed E-state index contributed by atoms with van der Waals surface area (Å²) in [5, 5.41) is 7.32. The maximum absolute atomic E-state index is 6.59. The molecule has 9 rings (SSSR count). The summed E-state index contributed by atoms with van der Waals surface area (Å²) in [6.07, 6.45) is 7.76. The highest BCUT2D eigenvalue weighted by molar-refractivity contribution is 6.14. The second kappa shape index (κ2) is 11.2. The van der Waals surface area contributed by atoms with Crippen LogP contribution in [0.4, 0.5) is 17.1 Å². The summed E-state index contributed by atoms with van der Waals surface area (Å²) in [5.74, 6) is 0.526. The number of para-hydroxylation sites is 2. The molecule has 224 valence electrons. The van der Waals surface area contributed by atoms with Crippen molar-refractivity contribution < 1.29 is 4.42 Å². The van der Waals surface area contributed by atoms with Gasteiger partial charge in [-0.2, -0.15) is 0 Å². The molecule has 1 heterocycles. The summed E-state index contributed by atoms with van der Waals surface area (Å²) in [5.41, 5.74) is 10.0. The number of hydrogen-bond acceptors (Lipinski definition) is 2. The van der Waals surface area contributed by atoms with Crippen molar-refractivity contribution >= 4 is 66.1 Å². The fourth-order valence-electron chi connectivity index (χ4n) is 7.32. The number of rotatable bonds is 5. The van der Waals surface area contributed by atoms with E-state index in [1.54, 1.807) is 0 Å². The Morgan fingerprint density at radius 1 is 0.574 bits per heavy atom. The smallest absolute Gasteiger partial charge is 0.159 e. The summed E-state index contributed by atoms with van der Waals surface area (Å²) in [6.45, 7) is 2.28. The minimum absolute atomic E-state index is 0.526. The number of hydrogen-bond donors (Lipinski definition) is 0. The van der Waals surface area contributed by atoms with Crippen LogP contribution in [0.25, 0.3) is 60.2 Å². The number of nitrogens with zero attached hydrogens (tertiary/aromatic N) is 1. The summed E-state index contributed by atoms with van der Waals surface area (Å²) in [6, 6.07) is 52.5. The lowest BCUT2D eigenvalue weighted by molar-refractivity contribution is 0.669. The van der Waals surface area contributed by atoms with Gasteiger partial charge in [0.2, 0.25) is 0 Å². The van der Waals surface area contributed by atoms with Gasteiger partial charge in [0.15, 0.2) is 5.58 Å². The SMILES string of the molecule is CC1C=CC=C(c2cccc(N(c3ccc(-c4cc5ccccc5c5ccccc45)cc3)c3cccc4c3oc3ccccc34)c2)C1. The standard InChI is InChI=1S/C45H33NO/c1-30-11-8-13-32(27-30)33-14-9-15-36(28-33)46(43-21-10-20-41-40-19-6-7-22-44(40)47-45(41)43)35-25-23-31(24-26-35)42-29-34-12-2-3-16-37(34)38-17-4-5-18-39(38)42/h2-26,28-30H,27H2,1H3. The van der Waals surface area contributed by atoms with Crippen molar-refractivity contribution in [3.63, 3.8) is 0 Å². The van der Waals surface area contributed by atoms with Crippen molar-refractivity contribution in [1.82, 2.24) is 0 Å². The highest BCUT2D eigenvalue weighted by Crippen LogP contribution is 2.44. The Kier molecular flexibility index (Phi) is 6.53. The van der Waals surface area contributed by atoms with Gasteiger partial charge in [0.05, 0.1) is 5.69 Å². The van der Waals surface area contributed by atoms with Gasteiger partial charge in [0, 0.05) is 22.1 Å². The molecule has 0 aliphatic heterocycles. The Labute approximate surface area is 274 Å². The number of benzene rings is 7. The number of allylic oxidation sites excluding steroid dienone is 4. The van der Waals surface area contributed by atoms with E-state index in [9.17, 15) is 0 Å². The van der Waals surface area contributed by atoms with Crippen LogP contribution in [0.3, 0.4) is 0 Å². The third-order valence-electron chi connectivity index (χ3n) is 9.58. The maximum atomic E-state index is 6.59. The molecule has 2 nitrogen and oxygen atoms in total. The predicted molar refractivity (Wildman–Crippen MR) is 200 cm³/mol. The molecule has 8 aromatic rings. The maximum Gasteiger partial charge on any atom is 0.159 e. The van der Waals surface area contributed by atoms with Crippen molar-refractivity contribution in [3.8, 4) is 11.1 Å². The molecule has 1 atom stereocenters. The topological polar surface area (TPSA) is 16.4 Å². The largest absolute Gasteiger partial charge is 0.454 e. The lowest BCUT2D eigenvalue weighted by Gasteiger charge is -2.27. The third-order valence-corrected chi connectivity index (χ3v) is 9.58. The quantitative estimate of drug-likeness (QED) is 0.182. The molecule has 0 fully saturated rings. The highest BCUT2D eigenvalue weighted by atomic mass is 16.3. The number of furan rings is 1. The first-order valence-corrected chi connectivity index (χ1v) is 16.4. The minimum atomic E-state index is 0.526. The minimum Gasteiger partial charge on any atom is -0.454 e. The average molecular weight is 604 g/mol. The van der Waals surface area contributed by atoms with E-state index in [1.165, 1.54) is 43.8 Å². The molecule has 47 heavy (non-hydrogen) atoms. The highest BCUT2D eigenvalue weighted by Gasteiger charge is 2.21. The van der Waals surface area contributed by atoms with Gasteiger partial charge in [0.25, 0.3) is 0 Å². The van der Waals surface area contributed by atoms with Crippen molar-refractivity contribution in [2.75, 3.05) is 4.90 Å².